The van der Waals surface area contributed by atoms with Gasteiger partial charge in [0.15, 0.2) is 17.6 Å². The van der Waals surface area contributed by atoms with Crippen LogP contribution in [0.4, 0.5) is 5.88 Å². The van der Waals surface area contributed by atoms with Crippen LogP contribution >= 0.6 is 0 Å². The molecule has 0 bridgehead atoms. The van der Waals surface area contributed by atoms with E-state index in [2.05, 4.69) is 4.74 Å². The van der Waals surface area contributed by atoms with Crippen LogP contribution in [-0.2, 0) is 25.5 Å². The summed E-state index contributed by atoms with van der Waals surface area (Å²) in [6, 6.07) is 1.46. The van der Waals surface area contributed by atoms with Crippen LogP contribution < -0.4 is 5.73 Å². The second-order valence-corrected chi connectivity index (χ2v) is 3.14. The first kappa shape index (κ1) is 12.0. The van der Waals surface area contributed by atoms with E-state index in [9.17, 15) is 14.4 Å². The normalized spacial score (nSPS) is 11.8. The molecule has 0 saturated heterocycles. The molecule has 16 heavy (non-hydrogen) atoms. The topological polar surface area (TPSA) is 99.6 Å². The van der Waals surface area contributed by atoms with E-state index in [1.165, 1.54) is 12.3 Å². The number of aldehydes is 1. The molecule has 1 unspecified atom stereocenters. The van der Waals surface area contributed by atoms with Gasteiger partial charge in [-0.3, -0.25) is 9.59 Å². The summed E-state index contributed by atoms with van der Waals surface area (Å²) >= 11 is 0. The van der Waals surface area contributed by atoms with E-state index in [4.69, 9.17) is 10.2 Å². The lowest BCUT2D eigenvalue weighted by Crippen LogP contribution is -2.27. The number of methoxy groups -OCH3 is 1. The van der Waals surface area contributed by atoms with Crippen molar-refractivity contribution < 1.29 is 23.5 Å². The predicted molar refractivity (Wildman–Crippen MR) is 53.4 cm³/mol. The van der Waals surface area contributed by atoms with Crippen LogP contribution in [0.1, 0.15) is 5.56 Å². The zero-order valence-corrected chi connectivity index (χ0v) is 8.64. The summed E-state index contributed by atoms with van der Waals surface area (Å²) < 4.78 is 9.11. The first-order chi connectivity index (χ1) is 7.58. The molecular formula is C10H11NO5. The van der Waals surface area contributed by atoms with Crippen LogP contribution in [0.15, 0.2) is 16.7 Å². The number of ether oxygens (including phenoxy) is 1. The van der Waals surface area contributed by atoms with E-state index in [1.54, 1.807) is 0 Å². The van der Waals surface area contributed by atoms with Crippen LogP contribution in [0, 0.1) is 5.92 Å². The molecule has 0 spiro atoms. The average Bonchev–Trinajstić information content (AvgIpc) is 2.64. The quantitative estimate of drug-likeness (QED) is 0.429. The van der Waals surface area contributed by atoms with E-state index in [0.29, 0.717) is 5.56 Å². The number of nitrogens with two attached hydrogens (primary N) is 1. The maximum Gasteiger partial charge on any atom is 0.323 e. The van der Waals surface area contributed by atoms with Crippen LogP contribution in [0.5, 0.6) is 0 Å². The van der Waals surface area contributed by atoms with Crippen molar-refractivity contribution in [2.75, 3.05) is 12.8 Å². The van der Waals surface area contributed by atoms with Crippen molar-refractivity contribution in [1.29, 1.82) is 0 Å². The lowest BCUT2D eigenvalue weighted by Gasteiger charge is -2.05. The molecule has 6 nitrogen and oxygen atoms in total. The molecule has 86 valence electrons. The lowest BCUT2D eigenvalue weighted by atomic mass is 10.0. The molecule has 0 radical (unpaired) electrons. The Bertz CT molecular complexity index is 409. The summed E-state index contributed by atoms with van der Waals surface area (Å²) in [6.45, 7) is 0. The van der Waals surface area contributed by atoms with Crippen LogP contribution in [0.3, 0.4) is 0 Å². The number of esters is 1. The number of anilines is 1. The van der Waals surface area contributed by atoms with Crippen molar-refractivity contribution in [3.05, 3.63) is 17.9 Å². The average molecular weight is 225 g/mol. The minimum atomic E-state index is -1.39. The predicted octanol–water partition coefficient (Wildman–Crippen LogP) is -0.0385. The first-order valence-corrected chi connectivity index (χ1v) is 4.47. The fraction of sp³-hybridized carbons (Fsp3) is 0.300. The molecule has 2 N–H and O–H groups in total. The third-order valence-corrected chi connectivity index (χ3v) is 1.99. The molecule has 0 aliphatic rings. The second-order valence-electron chi connectivity index (χ2n) is 3.14. The molecule has 0 saturated carbocycles. The molecule has 1 aromatic rings. The molecule has 1 atom stereocenters. The maximum absolute atomic E-state index is 11.5. The summed E-state index contributed by atoms with van der Waals surface area (Å²) in [5.41, 5.74) is 5.82. The van der Waals surface area contributed by atoms with Crippen molar-refractivity contribution in [2.45, 2.75) is 6.42 Å². The number of furan rings is 1. The largest absolute Gasteiger partial charge is 0.468 e. The zero-order valence-electron chi connectivity index (χ0n) is 8.64. The van der Waals surface area contributed by atoms with E-state index >= 15 is 0 Å². The highest BCUT2D eigenvalue weighted by Crippen LogP contribution is 2.12. The molecule has 0 amide bonds. The van der Waals surface area contributed by atoms with Gasteiger partial charge >= 0.3 is 5.97 Å². The second kappa shape index (κ2) is 5.11. The zero-order chi connectivity index (χ0) is 12.1. The van der Waals surface area contributed by atoms with E-state index in [-0.39, 0.29) is 18.6 Å². The Labute approximate surface area is 91.4 Å². The van der Waals surface area contributed by atoms with Gasteiger partial charge in [0.05, 0.1) is 13.4 Å². The summed E-state index contributed by atoms with van der Waals surface area (Å²) in [5.74, 6) is -2.64. The highest BCUT2D eigenvalue weighted by molar-refractivity contribution is 6.11. The van der Waals surface area contributed by atoms with Crippen LogP contribution in [-0.4, -0.2) is 25.1 Å². The third kappa shape index (κ3) is 2.69. The van der Waals surface area contributed by atoms with Gasteiger partial charge in [0.1, 0.15) is 6.29 Å². The molecule has 0 aliphatic carbocycles. The lowest BCUT2D eigenvalue weighted by molar-refractivity contribution is -0.150. The van der Waals surface area contributed by atoms with Crippen molar-refractivity contribution >= 4 is 23.9 Å². The van der Waals surface area contributed by atoms with E-state index in [1.807, 2.05) is 0 Å². The minimum Gasteiger partial charge on any atom is -0.468 e. The summed E-state index contributed by atoms with van der Waals surface area (Å²) in [6.07, 6.45) is 1.46. The molecule has 0 aliphatic heterocycles. The number of nitrogen functional groups attached to an aromatic ring is 1. The number of rotatable bonds is 5. The van der Waals surface area contributed by atoms with Gasteiger partial charge < -0.3 is 19.7 Å². The fourth-order valence-corrected chi connectivity index (χ4v) is 1.19. The minimum absolute atomic E-state index is 0.0980. The number of carbonyl (C=O) groups is 3. The molecule has 0 fully saturated rings. The van der Waals surface area contributed by atoms with Crippen molar-refractivity contribution in [3.8, 4) is 0 Å². The summed E-state index contributed by atoms with van der Waals surface area (Å²) in [4.78, 5) is 33.2. The Morgan fingerprint density at radius 2 is 2.31 bits per heavy atom. The Morgan fingerprint density at radius 1 is 1.62 bits per heavy atom. The number of carbonyl (C=O) groups excluding carboxylic acids is 3. The van der Waals surface area contributed by atoms with Crippen molar-refractivity contribution in [1.82, 2.24) is 0 Å². The van der Waals surface area contributed by atoms with Gasteiger partial charge in [0, 0.05) is 12.5 Å². The Kier molecular flexibility index (Phi) is 3.82. The Morgan fingerprint density at radius 3 is 2.75 bits per heavy atom. The monoisotopic (exact) mass is 225 g/mol. The van der Waals surface area contributed by atoms with E-state index in [0.717, 1.165) is 7.11 Å². The van der Waals surface area contributed by atoms with Gasteiger partial charge in [-0.1, -0.05) is 0 Å². The highest BCUT2D eigenvalue weighted by Gasteiger charge is 2.27. The highest BCUT2D eigenvalue weighted by atomic mass is 16.5. The van der Waals surface area contributed by atoms with Gasteiger partial charge in [0.25, 0.3) is 0 Å². The van der Waals surface area contributed by atoms with Gasteiger partial charge in [-0.25, -0.2) is 0 Å². The Balaban J connectivity index is 2.70. The van der Waals surface area contributed by atoms with Crippen LogP contribution in [0.2, 0.25) is 0 Å². The smallest absolute Gasteiger partial charge is 0.323 e. The number of ketones is 1. The fourth-order valence-electron chi connectivity index (χ4n) is 1.19. The van der Waals surface area contributed by atoms with Gasteiger partial charge in [-0.05, 0) is 5.56 Å². The molecule has 1 rings (SSSR count). The van der Waals surface area contributed by atoms with Crippen molar-refractivity contribution in [2.24, 2.45) is 5.92 Å². The maximum atomic E-state index is 11.5. The summed E-state index contributed by atoms with van der Waals surface area (Å²) in [7, 11) is 1.11. The number of hydrogen-bond donors (Lipinski definition) is 1. The van der Waals surface area contributed by atoms with Gasteiger partial charge in [0.2, 0.25) is 0 Å². The molecule has 0 aromatic carbocycles. The first-order valence-electron chi connectivity index (χ1n) is 4.47. The third-order valence-electron chi connectivity index (χ3n) is 1.99. The van der Waals surface area contributed by atoms with Crippen LogP contribution in [0.25, 0.3) is 0 Å². The van der Waals surface area contributed by atoms with Gasteiger partial charge in [-0.2, -0.15) is 0 Å². The molecule has 1 aromatic heterocycles. The standard InChI is InChI=1S/C10H11NO5/c1-15-10(14)7(4-12)8(13)2-6-3-9(11)16-5-6/h3-5,7H,2,11H2,1H3. The SMILES string of the molecule is COC(=O)C(C=O)C(=O)Cc1coc(N)c1. The summed E-state index contributed by atoms with van der Waals surface area (Å²) in [5, 5.41) is 0. The molecular weight excluding hydrogens is 214 g/mol. The van der Waals surface area contributed by atoms with E-state index < -0.39 is 17.7 Å². The number of hydrogen-bond acceptors (Lipinski definition) is 6. The molecule has 6 heteroatoms. The Hall–Kier alpha value is -2.11. The van der Waals surface area contributed by atoms with Crippen molar-refractivity contribution in [3.63, 3.8) is 0 Å². The molecule has 1 heterocycles. The van der Waals surface area contributed by atoms with Gasteiger partial charge in [-0.15, -0.1) is 0 Å². The number of Topliss-reactive ketones (excluding diaryl/α,β-unsaturated/α-hetero) is 1.